The Labute approximate surface area is 160 Å². The molecule has 5 nitrogen and oxygen atoms in total. The first-order valence-electron chi connectivity index (χ1n) is 8.83. The van der Waals surface area contributed by atoms with Gasteiger partial charge in [0.1, 0.15) is 0 Å². The molecule has 3 aromatic rings. The average Bonchev–Trinajstić information content (AvgIpc) is 3.04. The second-order valence-electron chi connectivity index (χ2n) is 6.92. The minimum atomic E-state index is -0.142. The average molecular weight is 413 g/mol. The molecule has 1 aliphatic heterocycles. The van der Waals surface area contributed by atoms with Crippen LogP contribution in [-0.2, 0) is 0 Å². The Morgan fingerprint density at radius 2 is 1.92 bits per heavy atom. The highest BCUT2D eigenvalue weighted by Gasteiger charge is 2.19. The van der Waals surface area contributed by atoms with Crippen LogP contribution < -0.4 is 5.32 Å². The number of hydrogen-bond acceptors (Lipinski definition) is 3. The molecular weight excluding hydrogens is 392 g/mol. The molecule has 2 N–H and O–H groups in total. The maximum Gasteiger partial charge on any atom is 0.256 e. The third kappa shape index (κ3) is 3.52. The SMILES string of the molecule is CN1CCC(c2ccc(C(=O)Nc3n[nH]c4cc(Br)ccc34)cc2)CC1. The largest absolute Gasteiger partial charge is 0.306 e. The molecule has 6 heteroatoms. The van der Waals surface area contributed by atoms with Crippen LogP contribution in [0.1, 0.15) is 34.7 Å². The van der Waals surface area contributed by atoms with E-state index in [1.807, 2.05) is 30.3 Å². The fraction of sp³-hybridized carbons (Fsp3) is 0.300. The Balaban J connectivity index is 1.47. The fourth-order valence-corrected chi connectivity index (χ4v) is 3.88. The molecule has 1 amide bonds. The van der Waals surface area contributed by atoms with E-state index < -0.39 is 0 Å². The number of amides is 1. The molecular formula is C20H21BrN4O. The smallest absolute Gasteiger partial charge is 0.256 e. The number of likely N-dealkylation sites (tertiary alicyclic amines) is 1. The molecule has 0 unspecified atom stereocenters. The van der Waals surface area contributed by atoms with Gasteiger partial charge in [0.25, 0.3) is 5.91 Å². The summed E-state index contributed by atoms with van der Waals surface area (Å²) in [5.74, 6) is 1.00. The van der Waals surface area contributed by atoms with Crippen LogP contribution in [0, 0.1) is 0 Å². The number of aromatic amines is 1. The summed E-state index contributed by atoms with van der Waals surface area (Å²) in [6, 6.07) is 13.8. The summed E-state index contributed by atoms with van der Waals surface area (Å²) >= 11 is 3.43. The molecule has 0 aliphatic carbocycles. The second-order valence-corrected chi connectivity index (χ2v) is 7.83. The van der Waals surface area contributed by atoms with Crippen molar-refractivity contribution in [2.75, 3.05) is 25.5 Å². The van der Waals surface area contributed by atoms with Gasteiger partial charge < -0.3 is 10.2 Å². The van der Waals surface area contributed by atoms with Gasteiger partial charge in [-0.1, -0.05) is 28.1 Å². The van der Waals surface area contributed by atoms with Crippen LogP contribution >= 0.6 is 15.9 Å². The summed E-state index contributed by atoms with van der Waals surface area (Å²) in [6.07, 6.45) is 2.35. The maximum absolute atomic E-state index is 12.6. The van der Waals surface area contributed by atoms with Gasteiger partial charge in [-0.15, -0.1) is 0 Å². The summed E-state index contributed by atoms with van der Waals surface area (Å²) in [7, 11) is 2.17. The molecule has 0 radical (unpaired) electrons. The molecule has 1 fully saturated rings. The van der Waals surface area contributed by atoms with Crippen molar-refractivity contribution in [3.8, 4) is 0 Å². The minimum absolute atomic E-state index is 0.142. The van der Waals surface area contributed by atoms with Crippen molar-refractivity contribution in [1.82, 2.24) is 15.1 Å². The Hall–Kier alpha value is -2.18. The van der Waals surface area contributed by atoms with Crippen molar-refractivity contribution in [2.24, 2.45) is 0 Å². The highest BCUT2D eigenvalue weighted by molar-refractivity contribution is 9.10. The number of halogens is 1. The topological polar surface area (TPSA) is 61.0 Å². The molecule has 134 valence electrons. The Bertz CT molecular complexity index is 927. The predicted molar refractivity (Wildman–Crippen MR) is 108 cm³/mol. The zero-order valence-electron chi connectivity index (χ0n) is 14.6. The third-order valence-electron chi connectivity index (χ3n) is 5.12. The van der Waals surface area contributed by atoms with E-state index in [9.17, 15) is 4.79 Å². The van der Waals surface area contributed by atoms with Gasteiger partial charge in [-0.05, 0) is 74.8 Å². The first-order valence-corrected chi connectivity index (χ1v) is 9.63. The van der Waals surface area contributed by atoms with E-state index in [1.54, 1.807) is 0 Å². The van der Waals surface area contributed by atoms with Gasteiger partial charge in [0, 0.05) is 15.4 Å². The lowest BCUT2D eigenvalue weighted by Gasteiger charge is -2.29. The van der Waals surface area contributed by atoms with Gasteiger partial charge in [-0.2, -0.15) is 5.10 Å². The van der Waals surface area contributed by atoms with E-state index in [0.717, 1.165) is 28.5 Å². The fourth-order valence-electron chi connectivity index (χ4n) is 3.52. The van der Waals surface area contributed by atoms with E-state index in [1.165, 1.54) is 18.4 Å². The number of fused-ring (bicyclic) bond motifs is 1. The van der Waals surface area contributed by atoms with E-state index in [4.69, 9.17) is 0 Å². The van der Waals surface area contributed by atoms with Crippen molar-refractivity contribution >= 4 is 38.6 Å². The summed E-state index contributed by atoms with van der Waals surface area (Å²) in [5, 5.41) is 11.0. The maximum atomic E-state index is 12.6. The van der Waals surface area contributed by atoms with Crippen LogP contribution in [0.25, 0.3) is 10.9 Å². The standard InChI is InChI=1S/C20H21BrN4O/c1-25-10-8-14(9-11-25)13-2-4-15(5-3-13)20(26)22-19-17-7-6-16(21)12-18(17)23-24-19/h2-7,12,14H,8-11H2,1H3,(H2,22,23,24,26). The molecule has 26 heavy (non-hydrogen) atoms. The summed E-state index contributed by atoms with van der Waals surface area (Å²) in [5.41, 5.74) is 2.85. The number of nitrogens with one attached hydrogen (secondary N) is 2. The molecule has 2 heterocycles. The molecule has 2 aromatic carbocycles. The Morgan fingerprint density at radius 3 is 2.65 bits per heavy atom. The molecule has 0 bridgehead atoms. The van der Waals surface area contributed by atoms with Gasteiger partial charge in [0.15, 0.2) is 5.82 Å². The van der Waals surface area contributed by atoms with Crippen molar-refractivity contribution in [2.45, 2.75) is 18.8 Å². The van der Waals surface area contributed by atoms with Crippen molar-refractivity contribution in [3.05, 3.63) is 58.1 Å². The first kappa shape index (κ1) is 17.2. The quantitative estimate of drug-likeness (QED) is 0.670. The lowest BCUT2D eigenvalue weighted by molar-refractivity contribution is 0.102. The molecule has 1 aromatic heterocycles. The normalized spacial score (nSPS) is 16.1. The number of carbonyl (C=O) groups excluding carboxylic acids is 1. The predicted octanol–water partition coefficient (Wildman–Crippen LogP) is 4.39. The zero-order valence-corrected chi connectivity index (χ0v) is 16.2. The van der Waals surface area contributed by atoms with Gasteiger partial charge in [-0.3, -0.25) is 9.89 Å². The number of anilines is 1. The van der Waals surface area contributed by atoms with Crippen LogP contribution in [0.3, 0.4) is 0 Å². The van der Waals surface area contributed by atoms with E-state index in [0.29, 0.717) is 17.3 Å². The number of piperidine rings is 1. The van der Waals surface area contributed by atoms with Crippen LogP contribution in [0.2, 0.25) is 0 Å². The minimum Gasteiger partial charge on any atom is -0.306 e. The van der Waals surface area contributed by atoms with E-state index in [2.05, 4.69) is 55.5 Å². The monoisotopic (exact) mass is 412 g/mol. The number of rotatable bonds is 3. The molecule has 0 spiro atoms. The Morgan fingerprint density at radius 1 is 1.19 bits per heavy atom. The van der Waals surface area contributed by atoms with E-state index in [-0.39, 0.29) is 5.91 Å². The van der Waals surface area contributed by atoms with Crippen molar-refractivity contribution < 1.29 is 4.79 Å². The first-order chi connectivity index (χ1) is 12.6. The third-order valence-corrected chi connectivity index (χ3v) is 5.61. The highest BCUT2D eigenvalue weighted by Crippen LogP contribution is 2.28. The lowest BCUT2D eigenvalue weighted by atomic mass is 9.89. The van der Waals surface area contributed by atoms with Gasteiger partial charge >= 0.3 is 0 Å². The lowest BCUT2D eigenvalue weighted by Crippen LogP contribution is -2.29. The number of aromatic nitrogens is 2. The van der Waals surface area contributed by atoms with Gasteiger partial charge in [0.2, 0.25) is 0 Å². The summed E-state index contributed by atoms with van der Waals surface area (Å²) < 4.78 is 0.969. The van der Waals surface area contributed by atoms with Crippen LogP contribution in [0.5, 0.6) is 0 Å². The Kier molecular flexibility index (Phi) is 4.78. The second kappa shape index (κ2) is 7.21. The molecule has 1 saturated heterocycles. The zero-order chi connectivity index (χ0) is 18.1. The summed E-state index contributed by atoms with van der Waals surface area (Å²) in [6.45, 7) is 2.27. The number of hydrogen-bond donors (Lipinski definition) is 2. The number of H-pyrrole nitrogens is 1. The molecule has 0 atom stereocenters. The summed E-state index contributed by atoms with van der Waals surface area (Å²) in [4.78, 5) is 14.9. The highest BCUT2D eigenvalue weighted by atomic mass is 79.9. The molecule has 1 aliphatic rings. The molecule has 4 rings (SSSR count). The van der Waals surface area contributed by atoms with Crippen LogP contribution in [0.15, 0.2) is 46.9 Å². The number of benzene rings is 2. The van der Waals surface area contributed by atoms with Crippen LogP contribution in [0.4, 0.5) is 5.82 Å². The molecule has 0 saturated carbocycles. The van der Waals surface area contributed by atoms with Gasteiger partial charge in [-0.25, -0.2) is 0 Å². The van der Waals surface area contributed by atoms with Crippen LogP contribution in [-0.4, -0.2) is 41.1 Å². The number of carbonyl (C=O) groups is 1. The van der Waals surface area contributed by atoms with Crippen molar-refractivity contribution in [1.29, 1.82) is 0 Å². The van der Waals surface area contributed by atoms with E-state index >= 15 is 0 Å². The van der Waals surface area contributed by atoms with Crippen molar-refractivity contribution in [3.63, 3.8) is 0 Å². The number of nitrogens with zero attached hydrogens (tertiary/aromatic N) is 2. The van der Waals surface area contributed by atoms with Gasteiger partial charge in [0.05, 0.1) is 5.52 Å².